The molecule has 0 bridgehead atoms. The van der Waals surface area contributed by atoms with Crippen LogP contribution in [0.3, 0.4) is 0 Å². The third-order valence-electron chi connectivity index (χ3n) is 3.55. The Balaban J connectivity index is 2.14. The highest BCUT2D eigenvalue weighted by Crippen LogP contribution is 2.31. The lowest BCUT2D eigenvalue weighted by Gasteiger charge is -2.03. The van der Waals surface area contributed by atoms with Crippen LogP contribution < -0.4 is 4.74 Å². The van der Waals surface area contributed by atoms with Crippen LogP contribution in [0.5, 0.6) is 5.75 Å². The highest BCUT2D eigenvalue weighted by molar-refractivity contribution is 9.10. The maximum Gasteiger partial charge on any atom is 0.121 e. The molecule has 0 saturated carbocycles. The molecule has 0 spiro atoms. The van der Waals surface area contributed by atoms with Gasteiger partial charge in [-0.05, 0) is 50.2 Å². The molecule has 2 aromatic carbocycles. The summed E-state index contributed by atoms with van der Waals surface area (Å²) < 4.78 is 6.25. The van der Waals surface area contributed by atoms with Crippen LogP contribution in [0.1, 0.15) is 19.9 Å². The fourth-order valence-corrected chi connectivity index (χ4v) is 2.73. The van der Waals surface area contributed by atoms with E-state index in [1.807, 2.05) is 42.5 Å². The summed E-state index contributed by atoms with van der Waals surface area (Å²) in [6.45, 7) is 4.14. The van der Waals surface area contributed by atoms with Gasteiger partial charge in [-0.15, -0.1) is 0 Å². The maximum absolute atomic E-state index is 5.23. The van der Waals surface area contributed by atoms with Crippen molar-refractivity contribution in [2.24, 2.45) is 0 Å². The Kier molecular flexibility index (Phi) is 4.48. The molecule has 0 amide bonds. The van der Waals surface area contributed by atoms with Crippen LogP contribution in [0, 0.1) is 0 Å². The van der Waals surface area contributed by atoms with E-state index in [9.17, 15) is 0 Å². The molecule has 118 valence electrons. The van der Waals surface area contributed by atoms with E-state index < -0.39 is 0 Å². The Hall–Kier alpha value is -2.14. The molecule has 0 aliphatic rings. The molecular weight excluding hydrogens is 354 g/mol. The second-order valence-corrected chi connectivity index (χ2v) is 6.47. The first-order chi connectivity index (χ1) is 11.1. The average molecular weight is 372 g/mol. The van der Waals surface area contributed by atoms with Gasteiger partial charge in [0.15, 0.2) is 0 Å². The van der Waals surface area contributed by atoms with Crippen LogP contribution in [-0.4, -0.2) is 22.1 Å². The van der Waals surface area contributed by atoms with E-state index in [2.05, 4.69) is 35.8 Å². The minimum atomic E-state index is 0.202. The average Bonchev–Trinajstić information content (AvgIpc) is 3.00. The molecule has 0 aliphatic heterocycles. The second-order valence-electron chi connectivity index (χ2n) is 5.55. The fourth-order valence-electron chi connectivity index (χ4n) is 2.33. The second kappa shape index (κ2) is 6.54. The minimum Gasteiger partial charge on any atom is -0.497 e. The number of methoxy groups -OCH3 is 1. The van der Waals surface area contributed by atoms with E-state index in [-0.39, 0.29) is 6.04 Å². The number of aromatic nitrogens is 3. The first kappa shape index (κ1) is 15.7. The third-order valence-corrected chi connectivity index (χ3v) is 4.05. The number of ether oxygens (including phenoxy) is 1. The lowest BCUT2D eigenvalue weighted by molar-refractivity contribution is 0.415. The van der Waals surface area contributed by atoms with Crippen LogP contribution in [0.2, 0.25) is 0 Å². The van der Waals surface area contributed by atoms with E-state index in [1.54, 1.807) is 11.9 Å². The first-order valence-electron chi connectivity index (χ1n) is 7.45. The zero-order valence-electron chi connectivity index (χ0n) is 13.3. The van der Waals surface area contributed by atoms with Gasteiger partial charge in [-0.1, -0.05) is 28.1 Å². The zero-order valence-corrected chi connectivity index (χ0v) is 14.9. The molecular formula is C18H18BrN3O. The van der Waals surface area contributed by atoms with Crippen molar-refractivity contribution in [1.29, 1.82) is 0 Å². The van der Waals surface area contributed by atoms with Crippen molar-refractivity contribution in [1.82, 2.24) is 15.0 Å². The molecule has 0 atom stereocenters. The summed E-state index contributed by atoms with van der Waals surface area (Å²) >= 11 is 3.52. The quantitative estimate of drug-likeness (QED) is 0.650. The molecule has 1 aromatic heterocycles. The van der Waals surface area contributed by atoms with Gasteiger partial charge >= 0.3 is 0 Å². The summed E-state index contributed by atoms with van der Waals surface area (Å²) in [5.74, 6) is 0.828. The van der Waals surface area contributed by atoms with Crippen molar-refractivity contribution in [3.63, 3.8) is 0 Å². The Morgan fingerprint density at radius 3 is 2.17 bits per heavy atom. The summed E-state index contributed by atoms with van der Waals surface area (Å²) in [6.07, 6.45) is 0. The van der Waals surface area contributed by atoms with Crippen LogP contribution in [-0.2, 0) is 0 Å². The number of hydrogen-bond donors (Lipinski definition) is 0. The molecule has 1 heterocycles. The minimum absolute atomic E-state index is 0.202. The summed E-state index contributed by atoms with van der Waals surface area (Å²) in [4.78, 5) is 1.76. The van der Waals surface area contributed by atoms with Gasteiger partial charge < -0.3 is 4.74 Å². The highest BCUT2D eigenvalue weighted by Gasteiger charge is 2.16. The number of benzene rings is 2. The van der Waals surface area contributed by atoms with E-state index in [0.29, 0.717) is 0 Å². The van der Waals surface area contributed by atoms with E-state index in [0.717, 1.165) is 32.7 Å². The predicted octanol–water partition coefficient (Wildman–Crippen LogP) is 4.96. The van der Waals surface area contributed by atoms with Crippen molar-refractivity contribution in [3.8, 4) is 28.3 Å². The molecule has 0 N–H and O–H groups in total. The van der Waals surface area contributed by atoms with Crippen LogP contribution >= 0.6 is 15.9 Å². The number of nitrogens with zero attached hydrogens (tertiary/aromatic N) is 3. The predicted molar refractivity (Wildman–Crippen MR) is 95.5 cm³/mol. The standard InChI is InChI=1S/C18H18BrN3O/c1-12(2)22-20-17(13-7-9-16(23-3)10-8-13)18(21-22)14-5-4-6-15(19)11-14/h4-12H,1-3H3. The molecule has 23 heavy (non-hydrogen) atoms. The smallest absolute Gasteiger partial charge is 0.121 e. The van der Waals surface area contributed by atoms with Crippen molar-refractivity contribution in [2.75, 3.05) is 7.11 Å². The summed E-state index contributed by atoms with van der Waals surface area (Å²) in [5, 5.41) is 9.38. The van der Waals surface area contributed by atoms with Gasteiger partial charge in [0, 0.05) is 15.6 Å². The molecule has 0 saturated heterocycles. The van der Waals surface area contributed by atoms with Gasteiger partial charge in [-0.2, -0.15) is 15.0 Å². The van der Waals surface area contributed by atoms with Gasteiger partial charge in [0.05, 0.1) is 13.2 Å². The lowest BCUT2D eigenvalue weighted by atomic mass is 10.1. The SMILES string of the molecule is COc1ccc(-c2nn(C(C)C)nc2-c2cccc(Br)c2)cc1. The summed E-state index contributed by atoms with van der Waals surface area (Å²) in [7, 11) is 1.66. The molecule has 4 nitrogen and oxygen atoms in total. The monoisotopic (exact) mass is 371 g/mol. The molecule has 0 unspecified atom stereocenters. The topological polar surface area (TPSA) is 39.9 Å². The highest BCUT2D eigenvalue weighted by atomic mass is 79.9. The molecule has 5 heteroatoms. The number of rotatable bonds is 4. The molecule has 0 radical (unpaired) electrons. The lowest BCUT2D eigenvalue weighted by Crippen LogP contribution is -2.04. The number of hydrogen-bond acceptors (Lipinski definition) is 3. The first-order valence-corrected chi connectivity index (χ1v) is 8.25. The van der Waals surface area contributed by atoms with Crippen LogP contribution in [0.25, 0.3) is 22.5 Å². The van der Waals surface area contributed by atoms with Crippen LogP contribution in [0.15, 0.2) is 53.0 Å². The third kappa shape index (κ3) is 3.29. The van der Waals surface area contributed by atoms with E-state index >= 15 is 0 Å². The van der Waals surface area contributed by atoms with E-state index in [4.69, 9.17) is 14.9 Å². The van der Waals surface area contributed by atoms with Gasteiger partial charge in [-0.3, -0.25) is 0 Å². The zero-order chi connectivity index (χ0) is 16.4. The molecule has 0 fully saturated rings. The van der Waals surface area contributed by atoms with Crippen molar-refractivity contribution < 1.29 is 4.74 Å². The van der Waals surface area contributed by atoms with Gasteiger partial charge in [0.1, 0.15) is 17.1 Å². The van der Waals surface area contributed by atoms with Gasteiger partial charge in [0.25, 0.3) is 0 Å². The van der Waals surface area contributed by atoms with Crippen molar-refractivity contribution in [3.05, 3.63) is 53.0 Å². The van der Waals surface area contributed by atoms with Crippen LogP contribution in [0.4, 0.5) is 0 Å². The molecule has 3 rings (SSSR count). The fraction of sp³-hybridized carbons (Fsp3) is 0.222. The van der Waals surface area contributed by atoms with Gasteiger partial charge in [-0.25, -0.2) is 0 Å². The van der Waals surface area contributed by atoms with E-state index in [1.165, 1.54) is 0 Å². The van der Waals surface area contributed by atoms with Gasteiger partial charge in [0.2, 0.25) is 0 Å². The molecule has 3 aromatic rings. The Labute approximate surface area is 144 Å². The summed E-state index contributed by atoms with van der Waals surface area (Å²) in [6, 6.07) is 16.2. The Morgan fingerprint density at radius 2 is 1.61 bits per heavy atom. The largest absolute Gasteiger partial charge is 0.497 e. The Morgan fingerprint density at radius 1 is 0.957 bits per heavy atom. The number of halogens is 1. The summed E-state index contributed by atoms with van der Waals surface area (Å²) in [5.41, 5.74) is 3.81. The normalized spacial score (nSPS) is 11.0. The van der Waals surface area contributed by atoms with Crippen molar-refractivity contribution >= 4 is 15.9 Å². The Bertz CT molecular complexity index is 809. The maximum atomic E-state index is 5.23. The molecule has 0 aliphatic carbocycles. The van der Waals surface area contributed by atoms with Crippen molar-refractivity contribution in [2.45, 2.75) is 19.9 Å².